The van der Waals surface area contributed by atoms with Crippen LogP contribution in [0.1, 0.15) is 16.7 Å². The average Bonchev–Trinajstić information content (AvgIpc) is 2.57. The number of carbonyl (C=O) groups is 1. The summed E-state index contributed by atoms with van der Waals surface area (Å²) < 4.78 is 5.02. The molecule has 5 heteroatoms. The van der Waals surface area contributed by atoms with Crippen molar-refractivity contribution in [3.63, 3.8) is 0 Å². The van der Waals surface area contributed by atoms with Crippen molar-refractivity contribution in [2.45, 2.75) is 13.1 Å². The van der Waals surface area contributed by atoms with Gasteiger partial charge in [-0.15, -0.1) is 0 Å². The molecule has 3 N–H and O–H groups in total. The highest BCUT2D eigenvalue weighted by atomic mass is 16.5. The third kappa shape index (κ3) is 3.13. The van der Waals surface area contributed by atoms with E-state index in [9.17, 15) is 9.90 Å². The molecule has 3 rings (SSSR count). The van der Waals surface area contributed by atoms with E-state index in [-0.39, 0.29) is 11.7 Å². The van der Waals surface area contributed by atoms with Crippen LogP contribution in [0.2, 0.25) is 0 Å². The maximum atomic E-state index is 12.1. The van der Waals surface area contributed by atoms with Crippen molar-refractivity contribution in [3.05, 3.63) is 65.4 Å². The zero-order valence-corrected chi connectivity index (χ0v) is 12.8. The van der Waals surface area contributed by atoms with Crippen LogP contribution in [0.4, 0.5) is 0 Å². The molecular formula is C18H18N2O3. The number of fused-ring (bicyclic) bond motifs is 1. The monoisotopic (exact) mass is 310 g/mol. The van der Waals surface area contributed by atoms with E-state index in [1.807, 2.05) is 30.3 Å². The van der Waals surface area contributed by atoms with Crippen molar-refractivity contribution in [2.75, 3.05) is 7.11 Å². The van der Waals surface area contributed by atoms with Crippen LogP contribution >= 0.6 is 0 Å². The third-order valence-electron chi connectivity index (χ3n) is 3.79. The summed E-state index contributed by atoms with van der Waals surface area (Å²) in [7, 11) is 1.51. The fourth-order valence-electron chi connectivity index (χ4n) is 2.59. The predicted molar refractivity (Wildman–Crippen MR) is 87.8 cm³/mol. The fourth-order valence-corrected chi connectivity index (χ4v) is 2.59. The lowest BCUT2D eigenvalue weighted by Crippen LogP contribution is -2.30. The number of nitrogens with one attached hydrogen (secondary N) is 2. The van der Waals surface area contributed by atoms with E-state index in [1.54, 1.807) is 18.3 Å². The van der Waals surface area contributed by atoms with Crippen LogP contribution in [0.25, 0.3) is 5.57 Å². The molecule has 1 aliphatic rings. The maximum Gasteiger partial charge on any atom is 0.253 e. The van der Waals surface area contributed by atoms with Gasteiger partial charge < -0.3 is 20.5 Å². The van der Waals surface area contributed by atoms with Gasteiger partial charge in [0.1, 0.15) is 0 Å². The summed E-state index contributed by atoms with van der Waals surface area (Å²) in [5.74, 6) is 0.446. The van der Waals surface area contributed by atoms with Crippen LogP contribution < -0.4 is 15.4 Å². The van der Waals surface area contributed by atoms with E-state index in [4.69, 9.17) is 4.74 Å². The van der Waals surface area contributed by atoms with Gasteiger partial charge in [-0.2, -0.15) is 0 Å². The predicted octanol–water partition coefficient (Wildman–Crippen LogP) is 2.16. The first-order valence-electron chi connectivity index (χ1n) is 7.35. The quantitative estimate of drug-likeness (QED) is 0.757. The van der Waals surface area contributed by atoms with Gasteiger partial charge in [0.25, 0.3) is 5.91 Å². The Kier molecular flexibility index (Phi) is 4.19. The molecule has 0 radical (unpaired) electrons. The molecule has 5 nitrogen and oxygen atoms in total. The van der Waals surface area contributed by atoms with Gasteiger partial charge in [0.15, 0.2) is 11.5 Å². The highest BCUT2D eigenvalue weighted by Crippen LogP contribution is 2.26. The SMILES string of the molecule is COc1ccc(CN/C=C2\C(=O)NCc3ccccc32)cc1O. The minimum absolute atomic E-state index is 0.0891. The summed E-state index contributed by atoms with van der Waals surface area (Å²) in [5, 5.41) is 15.8. The summed E-state index contributed by atoms with van der Waals surface area (Å²) in [6.07, 6.45) is 1.72. The number of phenols is 1. The fraction of sp³-hybridized carbons (Fsp3) is 0.167. The molecule has 2 aromatic carbocycles. The van der Waals surface area contributed by atoms with Crippen LogP contribution in [0, 0.1) is 0 Å². The molecule has 1 heterocycles. The molecule has 0 atom stereocenters. The number of hydrogen-bond acceptors (Lipinski definition) is 4. The number of hydrogen-bond donors (Lipinski definition) is 3. The topological polar surface area (TPSA) is 70.6 Å². The molecule has 1 aliphatic heterocycles. The zero-order valence-electron chi connectivity index (χ0n) is 12.8. The van der Waals surface area contributed by atoms with Crippen LogP contribution in [0.3, 0.4) is 0 Å². The van der Waals surface area contributed by atoms with Crippen LogP contribution in [-0.2, 0) is 17.9 Å². The molecule has 0 bridgehead atoms. The molecule has 2 aromatic rings. The Bertz CT molecular complexity index is 769. The molecule has 1 amide bonds. The minimum atomic E-state index is -0.0891. The standard InChI is InChI=1S/C18H18N2O3/c1-23-17-7-6-12(8-16(17)21)9-19-11-15-14-5-3-2-4-13(14)10-20-18(15)22/h2-8,11,19,21H,9-10H2,1H3,(H,20,22)/b15-11-. The number of rotatable bonds is 4. The van der Waals surface area contributed by atoms with Crippen molar-refractivity contribution in [3.8, 4) is 11.5 Å². The number of carbonyl (C=O) groups excluding carboxylic acids is 1. The van der Waals surface area contributed by atoms with Gasteiger partial charge in [-0.3, -0.25) is 4.79 Å². The molecule has 0 fully saturated rings. The number of aromatic hydroxyl groups is 1. The first kappa shape index (κ1) is 15.0. The molecule has 0 saturated heterocycles. The van der Waals surface area contributed by atoms with Crippen molar-refractivity contribution in [1.29, 1.82) is 0 Å². The number of ether oxygens (including phenoxy) is 1. The number of benzene rings is 2. The van der Waals surface area contributed by atoms with Gasteiger partial charge in [0.05, 0.1) is 12.7 Å². The highest BCUT2D eigenvalue weighted by Gasteiger charge is 2.20. The van der Waals surface area contributed by atoms with Crippen molar-refractivity contribution in [1.82, 2.24) is 10.6 Å². The molecule has 0 spiro atoms. The summed E-state index contributed by atoms with van der Waals surface area (Å²) in [6, 6.07) is 13.0. The molecule has 0 aliphatic carbocycles. The lowest BCUT2D eigenvalue weighted by molar-refractivity contribution is -0.116. The molecule has 0 saturated carbocycles. The van der Waals surface area contributed by atoms with Crippen molar-refractivity contribution in [2.24, 2.45) is 0 Å². The zero-order chi connectivity index (χ0) is 16.2. The van der Waals surface area contributed by atoms with Gasteiger partial charge in [0.2, 0.25) is 0 Å². The second kappa shape index (κ2) is 6.44. The van der Waals surface area contributed by atoms with Gasteiger partial charge in [-0.05, 0) is 28.8 Å². The Balaban J connectivity index is 1.75. The normalized spacial score (nSPS) is 15.0. The summed E-state index contributed by atoms with van der Waals surface area (Å²) in [4.78, 5) is 12.1. The lowest BCUT2D eigenvalue weighted by Gasteiger charge is -2.19. The lowest BCUT2D eigenvalue weighted by atomic mass is 9.96. The largest absolute Gasteiger partial charge is 0.504 e. The summed E-state index contributed by atoms with van der Waals surface area (Å²) in [5.41, 5.74) is 3.55. The van der Waals surface area contributed by atoms with E-state index >= 15 is 0 Å². The van der Waals surface area contributed by atoms with Crippen LogP contribution in [0.5, 0.6) is 11.5 Å². The molecular weight excluding hydrogens is 292 g/mol. The van der Waals surface area contributed by atoms with E-state index in [0.717, 1.165) is 16.7 Å². The van der Waals surface area contributed by atoms with Gasteiger partial charge in [0, 0.05) is 19.3 Å². The van der Waals surface area contributed by atoms with Gasteiger partial charge in [-0.25, -0.2) is 0 Å². The second-order valence-corrected chi connectivity index (χ2v) is 5.28. The number of amides is 1. The molecule has 23 heavy (non-hydrogen) atoms. The van der Waals surface area contributed by atoms with E-state index in [2.05, 4.69) is 10.6 Å². The van der Waals surface area contributed by atoms with Gasteiger partial charge >= 0.3 is 0 Å². The second-order valence-electron chi connectivity index (χ2n) is 5.28. The minimum Gasteiger partial charge on any atom is -0.504 e. The van der Waals surface area contributed by atoms with E-state index in [1.165, 1.54) is 7.11 Å². The summed E-state index contributed by atoms with van der Waals surface area (Å²) in [6.45, 7) is 1.05. The van der Waals surface area contributed by atoms with Crippen LogP contribution in [-0.4, -0.2) is 18.1 Å². The highest BCUT2D eigenvalue weighted by molar-refractivity contribution is 6.20. The maximum absolute atomic E-state index is 12.1. The van der Waals surface area contributed by atoms with Gasteiger partial charge in [-0.1, -0.05) is 30.3 Å². The molecule has 118 valence electrons. The van der Waals surface area contributed by atoms with E-state index in [0.29, 0.717) is 24.4 Å². The average molecular weight is 310 g/mol. The molecule has 0 unspecified atom stereocenters. The Morgan fingerprint density at radius 2 is 2.13 bits per heavy atom. The Morgan fingerprint density at radius 3 is 2.91 bits per heavy atom. The Morgan fingerprint density at radius 1 is 1.30 bits per heavy atom. The number of phenolic OH excluding ortho intramolecular Hbond substituents is 1. The first-order chi connectivity index (χ1) is 11.2. The summed E-state index contributed by atoms with van der Waals surface area (Å²) >= 11 is 0. The van der Waals surface area contributed by atoms with E-state index < -0.39 is 0 Å². The molecule has 0 aromatic heterocycles. The smallest absolute Gasteiger partial charge is 0.253 e. The van der Waals surface area contributed by atoms with Crippen LogP contribution in [0.15, 0.2) is 48.7 Å². The Hall–Kier alpha value is -2.95. The Labute approximate surface area is 134 Å². The first-order valence-corrected chi connectivity index (χ1v) is 7.35. The third-order valence-corrected chi connectivity index (χ3v) is 3.79. The number of methoxy groups -OCH3 is 1. The van der Waals surface area contributed by atoms with Crippen molar-refractivity contribution < 1.29 is 14.6 Å². The van der Waals surface area contributed by atoms with Crippen molar-refractivity contribution >= 4 is 11.5 Å².